The van der Waals surface area contributed by atoms with Crippen LogP contribution in [0.4, 0.5) is 11.4 Å². The van der Waals surface area contributed by atoms with E-state index in [-0.39, 0.29) is 10.1 Å². The number of nitrogens with two attached hydrogens (primary N) is 2. The molecule has 0 fully saturated rings. The molecule has 0 aliphatic carbocycles. The Hall–Kier alpha value is -2.94. The summed E-state index contributed by atoms with van der Waals surface area (Å²) in [6.07, 6.45) is 0. The van der Waals surface area contributed by atoms with Gasteiger partial charge in [-0.15, -0.1) is 0 Å². The van der Waals surface area contributed by atoms with E-state index in [9.17, 15) is 5.26 Å². The Labute approximate surface area is 160 Å². The lowest BCUT2D eigenvalue weighted by Crippen LogP contribution is -2.28. The van der Waals surface area contributed by atoms with Crippen LogP contribution < -0.4 is 11.5 Å². The maximum absolute atomic E-state index is 9.51. The van der Waals surface area contributed by atoms with Gasteiger partial charge in [0.2, 0.25) is 0 Å². The van der Waals surface area contributed by atoms with Crippen LogP contribution in [0.5, 0.6) is 0 Å². The number of nitrogens with zero attached hydrogens (tertiary/aromatic N) is 2. The Morgan fingerprint density at radius 2 is 1.42 bits per heavy atom. The minimum atomic E-state index is -1.07. The summed E-state index contributed by atoms with van der Waals surface area (Å²) in [5, 5.41) is 26.0. The SMILES string of the molecule is [C-]#[N+]C(C(=N)Sc1ccccc1N)C(C#N)C(=N)Sc1ccccc1N. The second-order valence-electron chi connectivity index (χ2n) is 5.19. The number of thioether (sulfide) groups is 2. The average molecular weight is 381 g/mol. The standard InChI is InChI=1S/C18H16N6S2/c1-24-16(18(23)26-15-9-5-3-7-13(15)21)11(10-19)17(22)25-14-8-4-2-6-12(14)20/h2-9,11,16,22-23H,20-21H2. The van der Waals surface area contributed by atoms with E-state index in [2.05, 4.69) is 4.85 Å². The molecule has 6 N–H and O–H groups in total. The van der Waals surface area contributed by atoms with Gasteiger partial charge in [0.15, 0.2) is 11.0 Å². The molecule has 26 heavy (non-hydrogen) atoms. The van der Waals surface area contributed by atoms with E-state index in [0.29, 0.717) is 21.2 Å². The minimum Gasteiger partial charge on any atom is -0.398 e. The van der Waals surface area contributed by atoms with Crippen LogP contribution in [0.2, 0.25) is 0 Å². The van der Waals surface area contributed by atoms with Gasteiger partial charge in [-0.1, -0.05) is 47.8 Å². The number of nitrogen functional groups attached to an aromatic ring is 2. The molecule has 0 spiro atoms. The fourth-order valence-corrected chi connectivity index (χ4v) is 3.82. The van der Waals surface area contributed by atoms with Gasteiger partial charge in [0.1, 0.15) is 0 Å². The van der Waals surface area contributed by atoms with Gasteiger partial charge in [-0.3, -0.25) is 10.8 Å². The molecule has 0 aromatic heterocycles. The highest BCUT2D eigenvalue weighted by Gasteiger charge is 2.36. The van der Waals surface area contributed by atoms with E-state index in [4.69, 9.17) is 28.9 Å². The Balaban J connectivity index is 2.18. The number of para-hydroxylation sites is 2. The van der Waals surface area contributed by atoms with E-state index in [0.717, 1.165) is 23.5 Å². The molecule has 0 heterocycles. The van der Waals surface area contributed by atoms with Crippen molar-refractivity contribution in [2.75, 3.05) is 11.5 Å². The number of benzene rings is 2. The third-order valence-corrected chi connectivity index (χ3v) is 5.54. The predicted molar refractivity (Wildman–Crippen MR) is 108 cm³/mol. The summed E-state index contributed by atoms with van der Waals surface area (Å²) < 4.78 is 0. The van der Waals surface area contributed by atoms with Gasteiger partial charge in [-0.05, 0) is 24.3 Å². The van der Waals surface area contributed by atoms with Crippen LogP contribution in [-0.2, 0) is 0 Å². The topological polar surface area (TPSA) is 128 Å². The molecule has 0 aliphatic rings. The Morgan fingerprint density at radius 3 is 1.85 bits per heavy atom. The smallest absolute Gasteiger partial charge is 0.292 e. The van der Waals surface area contributed by atoms with E-state index in [1.165, 1.54) is 0 Å². The molecule has 2 aromatic rings. The normalized spacial score (nSPS) is 12.4. The third kappa shape index (κ3) is 4.57. The second kappa shape index (κ2) is 8.95. The molecule has 0 aliphatic heterocycles. The summed E-state index contributed by atoms with van der Waals surface area (Å²) in [5.74, 6) is -1.05. The molecule has 2 unspecified atom stereocenters. The summed E-state index contributed by atoms with van der Waals surface area (Å²) in [5.41, 5.74) is 12.8. The van der Waals surface area contributed by atoms with Crippen LogP contribution in [0.15, 0.2) is 58.3 Å². The second-order valence-corrected chi connectivity index (χ2v) is 7.36. The molecular formula is C18H16N6S2. The highest BCUT2D eigenvalue weighted by Crippen LogP contribution is 2.33. The molecule has 0 saturated heterocycles. The van der Waals surface area contributed by atoms with Crippen molar-refractivity contribution >= 4 is 45.0 Å². The molecule has 0 bridgehead atoms. The van der Waals surface area contributed by atoms with Gasteiger partial charge in [-0.25, -0.2) is 6.57 Å². The Morgan fingerprint density at radius 1 is 0.962 bits per heavy atom. The summed E-state index contributed by atoms with van der Waals surface area (Å²) in [6, 6.07) is 15.0. The quantitative estimate of drug-likeness (QED) is 0.204. The lowest BCUT2D eigenvalue weighted by atomic mass is 10.0. The maximum Gasteiger partial charge on any atom is 0.292 e. The average Bonchev–Trinajstić information content (AvgIpc) is 2.63. The fraction of sp³-hybridized carbons (Fsp3) is 0.111. The number of rotatable bonds is 5. The van der Waals surface area contributed by atoms with Gasteiger partial charge >= 0.3 is 0 Å². The first-order valence-corrected chi connectivity index (χ1v) is 9.09. The minimum absolute atomic E-state index is 0.0159. The summed E-state index contributed by atoms with van der Waals surface area (Å²) in [6.45, 7) is 7.42. The fourth-order valence-electron chi connectivity index (χ4n) is 2.06. The van der Waals surface area contributed by atoms with Gasteiger partial charge in [0, 0.05) is 21.2 Å². The number of hydrogen-bond donors (Lipinski definition) is 4. The number of nitrogens with one attached hydrogen (secondary N) is 2. The molecule has 2 rings (SSSR count). The molecule has 130 valence electrons. The molecule has 0 radical (unpaired) electrons. The predicted octanol–water partition coefficient (Wildman–Crippen LogP) is 4.12. The highest BCUT2D eigenvalue weighted by molar-refractivity contribution is 8.14. The van der Waals surface area contributed by atoms with E-state index in [1.807, 2.05) is 6.07 Å². The van der Waals surface area contributed by atoms with Crippen molar-refractivity contribution in [2.45, 2.75) is 15.8 Å². The van der Waals surface area contributed by atoms with Crippen molar-refractivity contribution in [1.82, 2.24) is 0 Å². The van der Waals surface area contributed by atoms with Crippen molar-refractivity contribution in [3.63, 3.8) is 0 Å². The monoisotopic (exact) mass is 380 g/mol. The van der Waals surface area contributed by atoms with Crippen LogP contribution in [0.3, 0.4) is 0 Å². The van der Waals surface area contributed by atoms with Crippen LogP contribution in [-0.4, -0.2) is 16.1 Å². The zero-order chi connectivity index (χ0) is 19.1. The zero-order valence-corrected chi connectivity index (χ0v) is 15.3. The van der Waals surface area contributed by atoms with Crippen LogP contribution in [0.25, 0.3) is 4.85 Å². The number of nitriles is 1. The van der Waals surface area contributed by atoms with Crippen LogP contribution in [0.1, 0.15) is 0 Å². The van der Waals surface area contributed by atoms with Gasteiger partial charge < -0.3 is 16.3 Å². The van der Waals surface area contributed by atoms with Crippen molar-refractivity contribution in [1.29, 1.82) is 16.1 Å². The van der Waals surface area contributed by atoms with Gasteiger partial charge in [0.25, 0.3) is 6.04 Å². The van der Waals surface area contributed by atoms with Crippen LogP contribution >= 0.6 is 23.5 Å². The molecule has 0 amide bonds. The van der Waals surface area contributed by atoms with E-state index in [1.54, 1.807) is 48.5 Å². The van der Waals surface area contributed by atoms with Crippen molar-refractivity contribution in [2.24, 2.45) is 5.92 Å². The Kier molecular flexibility index (Phi) is 6.67. The van der Waals surface area contributed by atoms with E-state index >= 15 is 0 Å². The first-order chi connectivity index (χ1) is 12.5. The Bertz CT molecular complexity index is 837. The molecule has 2 atom stereocenters. The molecule has 2 aromatic carbocycles. The van der Waals surface area contributed by atoms with Gasteiger partial charge in [0.05, 0.1) is 11.1 Å². The molecular weight excluding hydrogens is 364 g/mol. The summed E-state index contributed by atoms with van der Waals surface area (Å²) in [4.78, 5) is 4.72. The first kappa shape index (κ1) is 19.4. The summed E-state index contributed by atoms with van der Waals surface area (Å²) in [7, 11) is 0. The maximum atomic E-state index is 9.51. The van der Waals surface area contributed by atoms with Crippen LogP contribution in [0, 0.1) is 34.6 Å². The van der Waals surface area contributed by atoms with Crippen molar-refractivity contribution in [3.05, 3.63) is 59.9 Å². The molecule has 8 heteroatoms. The lowest BCUT2D eigenvalue weighted by molar-refractivity contribution is 0.876. The molecule has 0 saturated carbocycles. The largest absolute Gasteiger partial charge is 0.398 e. The van der Waals surface area contributed by atoms with Crippen molar-refractivity contribution in [3.8, 4) is 6.07 Å². The summed E-state index contributed by atoms with van der Waals surface area (Å²) >= 11 is 2.07. The van der Waals surface area contributed by atoms with Gasteiger partial charge in [-0.2, -0.15) is 5.26 Å². The number of hydrogen-bond acceptors (Lipinski definition) is 7. The highest BCUT2D eigenvalue weighted by atomic mass is 32.2. The molecule has 6 nitrogen and oxygen atoms in total. The number of anilines is 2. The first-order valence-electron chi connectivity index (χ1n) is 7.45. The zero-order valence-electron chi connectivity index (χ0n) is 13.6. The lowest BCUT2D eigenvalue weighted by Gasteiger charge is -2.14. The third-order valence-electron chi connectivity index (χ3n) is 3.42. The van der Waals surface area contributed by atoms with E-state index < -0.39 is 12.0 Å². The van der Waals surface area contributed by atoms with Crippen molar-refractivity contribution < 1.29 is 0 Å².